The summed E-state index contributed by atoms with van der Waals surface area (Å²) < 4.78 is 42.6. The maximum atomic E-state index is 12.0. The van der Waals surface area contributed by atoms with Gasteiger partial charge in [-0.15, -0.1) is 0 Å². The molecule has 0 saturated heterocycles. The summed E-state index contributed by atoms with van der Waals surface area (Å²) in [5.74, 6) is 1.69. The van der Waals surface area contributed by atoms with Crippen LogP contribution in [-0.2, 0) is 22.9 Å². The summed E-state index contributed by atoms with van der Waals surface area (Å²) in [7, 11) is 2.61. The zero-order valence-corrected chi connectivity index (χ0v) is 18.7. The van der Waals surface area contributed by atoms with Gasteiger partial charge < -0.3 is 14.2 Å². The molecule has 0 fully saturated rings. The van der Waals surface area contributed by atoms with Gasteiger partial charge in [0.15, 0.2) is 11.5 Å². The van der Waals surface area contributed by atoms with Crippen molar-refractivity contribution in [1.29, 1.82) is 0 Å². The van der Waals surface area contributed by atoms with E-state index in [1.165, 1.54) is 13.4 Å². The quantitative estimate of drug-likeness (QED) is 0.543. The SMILES string of the molecule is CNS(=O)(=O)c1cccc(Cc2cc(Cc3cc(OC)c(OC)c(OC)c3)ncn2)c1. The highest BCUT2D eigenvalue weighted by atomic mass is 32.2. The summed E-state index contributed by atoms with van der Waals surface area (Å²) in [6, 6.07) is 12.5. The minimum Gasteiger partial charge on any atom is -0.493 e. The first-order valence-electron chi connectivity index (χ1n) is 9.51. The topological polar surface area (TPSA) is 99.6 Å². The third-order valence-electron chi connectivity index (χ3n) is 4.75. The average Bonchev–Trinajstić information content (AvgIpc) is 2.78. The zero-order chi connectivity index (χ0) is 22.4. The predicted molar refractivity (Wildman–Crippen MR) is 116 cm³/mol. The molecule has 1 heterocycles. The van der Waals surface area contributed by atoms with Gasteiger partial charge in [-0.2, -0.15) is 0 Å². The van der Waals surface area contributed by atoms with E-state index in [0.29, 0.717) is 30.1 Å². The van der Waals surface area contributed by atoms with Crippen molar-refractivity contribution in [2.45, 2.75) is 17.7 Å². The zero-order valence-electron chi connectivity index (χ0n) is 17.9. The van der Waals surface area contributed by atoms with E-state index in [1.807, 2.05) is 24.3 Å². The number of nitrogens with zero attached hydrogens (tertiary/aromatic N) is 2. The molecule has 0 aliphatic rings. The van der Waals surface area contributed by atoms with Crippen molar-refractivity contribution in [3.63, 3.8) is 0 Å². The molecule has 1 N–H and O–H groups in total. The van der Waals surface area contributed by atoms with Crippen molar-refractivity contribution in [3.8, 4) is 17.2 Å². The van der Waals surface area contributed by atoms with Crippen LogP contribution in [0.2, 0.25) is 0 Å². The van der Waals surface area contributed by atoms with E-state index in [0.717, 1.165) is 22.5 Å². The Labute approximate surface area is 182 Å². The van der Waals surface area contributed by atoms with Crippen molar-refractivity contribution in [2.75, 3.05) is 28.4 Å². The molecule has 0 saturated carbocycles. The molecule has 0 bridgehead atoms. The minimum absolute atomic E-state index is 0.221. The highest BCUT2D eigenvalue weighted by molar-refractivity contribution is 7.89. The van der Waals surface area contributed by atoms with Crippen LogP contribution in [0, 0.1) is 0 Å². The lowest BCUT2D eigenvalue weighted by molar-refractivity contribution is 0.324. The number of benzene rings is 2. The number of methoxy groups -OCH3 is 3. The first-order chi connectivity index (χ1) is 14.9. The summed E-state index contributed by atoms with van der Waals surface area (Å²) >= 11 is 0. The van der Waals surface area contributed by atoms with Gasteiger partial charge in [0.1, 0.15) is 6.33 Å². The molecule has 0 aliphatic heterocycles. The van der Waals surface area contributed by atoms with E-state index in [-0.39, 0.29) is 4.90 Å². The largest absolute Gasteiger partial charge is 0.493 e. The highest BCUT2D eigenvalue weighted by Gasteiger charge is 2.15. The van der Waals surface area contributed by atoms with Gasteiger partial charge in [-0.05, 0) is 48.5 Å². The van der Waals surface area contributed by atoms with Crippen LogP contribution < -0.4 is 18.9 Å². The van der Waals surface area contributed by atoms with Crippen LogP contribution in [-0.4, -0.2) is 46.8 Å². The van der Waals surface area contributed by atoms with Crippen molar-refractivity contribution in [1.82, 2.24) is 14.7 Å². The van der Waals surface area contributed by atoms with Gasteiger partial charge in [-0.25, -0.2) is 23.1 Å². The average molecular weight is 444 g/mol. The van der Waals surface area contributed by atoms with Crippen LogP contribution in [0.25, 0.3) is 0 Å². The van der Waals surface area contributed by atoms with E-state index in [1.54, 1.807) is 39.5 Å². The fourth-order valence-corrected chi connectivity index (χ4v) is 4.03. The number of nitrogens with one attached hydrogen (secondary N) is 1. The van der Waals surface area contributed by atoms with Crippen molar-refractivity contribution >= 4 is 10.0 Å². The Kier molecular flexibility index (Phi) is 7.09. The Bertz CT molecular complexity index is 1140. The van der Waals surface area contributed by atoms with Gasteiger partial charge in [0.2, 0.25) is 15.8 Å². The number of sulfonamides is 1. The third kappa shape index (κ3) is 5.31. The molecule has 31 heavy (non-hydrogen) atoms. The normalized spacial score (nSPS) is 11.2. The van der Waals surface area contributed by atoms with Gasteiger partial charge in [0, 0.05) is 24.2 Å². The summed E-state index contributed by atoms with van der Waals surface area (Å²) in [5, 5.41) is 0. The standard InChI is InChI=1S/C22H25N3O5S/c1-23-31(26,27)19-7-5-6-15(10-19)8-17-13-18(25-14-24-17)9-16-11-20(28-2)22(30-4)21(12-16)29-3/h5-7,10-14,23H,8-9H2,1-4H3. The van der Waals surface area contributed by atoms with Gasteiger partial charge >= 0.3 is 0 Å². The minimum atomic E-state index is -3.50. The Morgan fingerprint density at radius 3 is 2.00 bits per heavy atom. The van der Waals surface area contributed by atoms with E-state index in [9.17, 15) is 8.42 Å². The maximum absolute atomic E-state index is 12.0. The van der Waals surface area contributed by atoms with Gasteiger partial charge in [-0.3, -0.25) is 0 Å². The monoisotopic (exact) mass is 443 g/mol. The molecular weight excluding hydrogens is 418 g/mol. The van der Waals surface area contributed by atoms with Crippen LogP contribution in [0.15, 0.2) is 53.7 Å². The molecular formula is C22H25N3O5S. The fraction of sp³-hybridized carbons (Fsp3) is 0.273. The second-order valence-electron chi connectivity index (χ2n) is 6.74. The molecule has 164 valence electrons. The summed E-state index contributed by atoms with van der Waals surface area (Å²) in [5.41, 5.74) is 3.39. The summed E-state index contributed by atoms with van der Waals surface area (Å²) in [6.07, 6.45) is 2.54. The number of ether oxygens (including phenoxy) is 3. The molecule has 0 radical (unpaired) electrons. The van der Waals surface area contributed by atoms with Crippen molar-refractivity contribution < 1.29 is 22.6 Å². The first-order valence-corrected chi connectivity index (χ1v) is 11.0. The summed E-state index contributed by atoms with van der Waals surface area (Å²) in [4.78, 5) is 8.93. The van der Waals surface area contributed by atoms with Crippen LogP contribution in [0.4, 0.5) is 0 Å². The molecule has 0 atom stereocenters. The molecule has 0 spiro atoms. The molecule has 0 unspecified atom stereocenters. The van der Waals surface area contributed by atoms with Crippen LogP contribution in [0.3, 0.4) is 0 Å². The maximum Gasteiger partial charge on any atom is 0.240 e. The van der Waals surface area contributed by atoms with Crippen molar-refractivity contribution in [2.24, 2.45) is 0 Å². The highest BCUT2D eigenvalue weighted by Crippen LogP contribution is 2.38. The predicted octanol–water partition coefficient (Wildman–Crippen LogP) is 2.59. The Balaban J connectivity index is 1.84. The Morgan fingerprint density at radius 2 is 1.45 bits per heavy atom. The second kappa shape index (κ2) is 9.76. The smallest absolute Gasteiger partial charge is 0.240 e. The summed E-state index contributed by atoms with van der Waals surface area (Å²) in [6.45, 7) is 0. The van der Waals surface area contributed by atoms with Crippen LogP contribution in [0.5, 0.6) is 17.2 Å². The second-order valence-corrected chi connectivity index (χ2v) is 8.63. The van der Waals surface area contributed by atoms with Gasteiger partial charge in [0.25, 0.3) is 0 Å². The number of rotatable bonds is 9. The number of hydrogen-bond donors (Lipinski definition) is 1. The van der Waals surface area contributed by atoms with Gasteiger partial charge in [0.05, 0.1) is 26.2 Å². The third-order valence-corrected chi connectivity index (χ3v) is 6.16. The van der Waals surface area contributed by atoms with Gasteiger partial charge in [-0.1, -0.05) is 12.1 Å². The van der Waals surface area contributed by atoms with E-state index < -0.39 is 10.0 Å². The molecule has 3 aromatic rings. The van der Waals surface area contributed by atoms with Crippen molar-refractivity contribution in [3.05, 3.63) is 71.3 Å². The lowest BCUT2D eigenvalue weighted by Gasteiger charge is -2.14. The molecule has 1 aromatic heterocycles. The lowest BCUT2D eigenvalue weighted by Crippen LogP contribution is -2.18. The number of hydrogen-bond acceptors (Lipinski definition) is 7. The Morgan fingerprint density at radius 1 is 0.839 bits per heavy atom. The van der Waals surface area contributed by atoms with E-state index >= 15 is 0 Å². The lowest BCUT2D eigenvalue weighted by atomic mass is 10.1. The molecule has 0 aliphatic carbocycles. The molecule has 8 nitrogen and oxygen atoms in total. The molecule has 2 aromatic carbocycles. The van der Waals surface area contributed by atoms with E-state index in [2.05, 4.69) is 14.7 Å². The Hall–Kier alpha value is -3.17. The van der Waals surface area contributed by atoms with Crippen LogP contribution in [0.1, 0.15) is 22.5 Å². The fourth-order valence-electron chi connectivity index (χ4n) is 3.23. The molecule has 9 heteroatoms. The number of aromatic nitrogens is 2. The molecule has 3 rings (SSSR count). The molecule has 0 amide bonds. The van der Waals surface area contributed by atoms with Crippen LogP contribution >= 0.6 is 0 Å². The first kappa shape index (κ1) is 22.5. The van der Waals surface area contributed by atoms with E-state index in [4.69, 9.17) is 14.2 Å².